The second-order valence-electron chi connectivity index (χ2n) is 7.01. The van der Waals surface area contributed by atoms with Gasteiger partial charge in [0.05, 0.1) is 6.10 Å². The smallest absolute Gasteiger partial charge is 0.271 e. The lowest BCUT2D eigenvalue weighted by atomic mass is 10.1. The van der Waals surface area contributed by atoms with Gasteiger partial charge in [-0.15, -0.1) is 0 Å². The Morgan fingerprint density at radius 2 is 1.93 bits per heavy atom. The molecule has 2 aromatic rings. The van der Waals surface area contributed by atoms with E-state index in [0.717, 1.165) is 24.8 Å². The Hall–Kier alpha value is -2.80. The normalized spacial score (nSPS) is 19.8. The van der Waals surface area contributed by atoms with Gasteiger partial charge < -0.3 is 25.1 Å². The largest absolute Gasteiger partial charge is 0.484 e. The van der Waals surface area contributed by atoms with Crippen molar-refractivity contribution in [1.82, 2.24) is 15.6 Å². The summed E-state index contributed by atoms with van der Waals surface area (Å²) in [4.78, 5) is 27.8. The molecule has 7 nitrogen and oxygen atoms in total. The van der Waals surface area contributed by atoms with Gasteiger partial charge in [-0.1, -0.05) is 30.3 Å². The molecule has 3 atom stereocenters. The van der Waals surface area contributed by atoms with E-state index in [2.05, 4.69) is 15.6 Å². The number of carbonyl (C=O) groups excluding carboxylic acids is 2. The average molecular weight is 385 g/mol. The topological polar surface area (TPSA) is 92.5 Å². The molecule has 1 saturated carbocycles. The Bertz CT molecular complexity index is 818. The summed E-state index contributed by atoms with van der Waals surface area (Å²) in [5.41, 5.74) is 1.51. The number of nitrogens with one attached hydrogen (secondary N) is 3. The van der Waals surface area contributed by atoms with E-state index in [-0.39, 0.29) is 35.8 Å². The Morgan fingerprint density at radius 1 is 1.18 bits per heavy atom. The van der Waals surface area contributed by atoms with E-state index in [1.54, 1.807) is 13.2 Å². The van der Waals surface area contributed by atoms with Crippen molar-refractivity contribution >= 4 is 11.8 Å². The molecule has 3 rings (SSSR count). The van der Waals surface area contributed by atoms with Crippen molar-refractivity contribution in [2.75, 3.05) is 14.2 Å². The summed E-state index contributed by atoms with van der Waals surface area (Å²) in [6.45, 7) is 1.90. The van der Waals surface area contributed by atoms with E-state index in [4.69, 9.17) is 9.47 Å². The summed E-state index contributed by atoms with van der Waals surface area (Å²) in [7, 11) is 3.23. The molecule has 0 bridgehead atoms. The van der Waals surface area contributed by atoms with Gasteiger partial charge in [-0.25, -0.2) is 0 Å². The third-order valence-corrected chi connectivity index (χ3v) is 5.11. The third-order valence-electron chi connectivity index (χ3n) is 5.11. The van der Waals surface area contributed by atoms with Crippen LogP contribution in [0, 0.1) is 0 Å². The second-order valence-corrected chi connectivity index (χ2v) is 7.01. The molecule has 1 aromatic heterocycles. The van der Waals surface area contributed by atoms with Crippen molar-refractivity contribution in [1.29, 1.82) is 0 Å². The van der Waals surface area contributed by atoms with Crippen LogP contribution in [-0.2, 0) is 4.74 Å². The van der Waals surface area contributed by atoms with Gasteiger partial charge in [-0.2, -0.15) is 0 Å². The number of hydrogen-bond acceptors (Lipinski definition) is 4. The monoisotopic (exact) mass is 385 g/mol. The summed E-state index contributed by atoms with van der Waals surface area (Å²) in [5.74, 6) is -0.245. The van der Waals surface area contributed by atoms with E-state index in [9.17, 15) is 9.59 Å². The van der Waals surface area contributed by atoms with Gasteiger partial charge in [-0.3, -0.25) is 9.59 Å². The molecule has 1 heterocycles. The highest BCUT2D eigenvalue weighted by atomic mass is 16.5. The van der Waals surface area contributed by atoms with E-state index < -0.39 is 0 Å². The van der Waals surface area contributed by atoms with Gasteiger partial charge in [0.25, 0.3) is 11.8 Å². The molecule has 3 N–H and O–H groups in total. The third kappa shape index (κ3) is 4.54. The first-order valence-electron chi connectivity index (χ1n) is 9.52. The van der Waals surface area contributed by atoms with Crippen LogP contribution in [0.15, 0.2) is 36.4 Å². The molecule has 7 heteroatoms. The van der Waals surface area contributed by atoms with Gasteiger partial charge in [0.15, 0.2) is 5.75 Å². The molecule has 1 unspecified atom stereocenters. The average Bonchev–Trinajstić information content (AvgIpc) is 3.35. The SMILES string of the molecule is CNC(=O)c1[nH]c(C(=O)NC2CC[C@@H](OC)C2)cc1O[C@@H](C)c1ccccc1. The van der Waals surface area contributed by atoms with Crippen molar-refractivity contribution in [3.8, 4) is 5.75 Å². The predicted molar refractivity (Wildman–Crippen MR) is 106 cm³/mol. The lowest BCUT2D eigenvalue weighted by molar-refractivity contribution is 0.0910. The lowest BCUT2D eigenvalue weighted by Crippen LogP contribution is -2.33. The highest BCUT2D eigenvalue weighted by molar-refractivity contribution is 5.99. The Morgan fingerprint density at radius 3 is 2.57 bits per heavy atom. The van der Waals surface area contributed by atoms with Crippen LogP contribution in [0.4, 0.5) is 0 Å². The van der Waals surface area contributed by atoms with Crippen molar-refractivity contribution in [2.45, 2.75) is 44.4 Å². The summed E-state index contributed by atoms with van der Waals surface area (Å²) >= 11 is 0. The molecule has 1 aliphatic carbocycles. The minimum absolute atomic E-state index is 0.0665. The number of methoxy groups -OCH3 is 1. The molecule has 1 aromatic carbocycles. The first-order chi connectivity index (χ1) is 13.5. The number of carbonyl (C=O) groups is 2. The molecule has 0 radical (unpaired) electrons. The number of H-pyrrole nitrogens is 1. The molecular formula is C21H27N3O4. The van der Waals surface area contributed by atoms with Crippen LogP contribution in [0.25, 0.3) is 0 Å². The van der Waals surface area contributed by atoms with E-state index in [1.807, 2.05) is 37.3 Å². The number of aromatic nitrogens is 1. The number of ether oxygens (including phenoxy) is 2. The maximum absolute atomic E-state index is 12.7. The van der Waals surface area contributed by atoms with Crippen LogP contribution in [0.3, 0.4) is 0 Å². The van der Waals surface area contributed by atoms with Crippen LogP contribution in [0.5, 0.6) is 5.75 Å². The summed E-state index contributed by atoms with van der Waals surface area (Å²) in [5, 5.41) is 5.58. The van der Waals surface area contributed by atoms with Gasteiger partial charge >= 0.3 is 0 Å². The zero-order valence-electron chi connectivity index (χ0n) is 16.5. The molecule has 2 amide bonds. The van der Waals surface area contributed by atoms with Crippen molar-refractivity contribution in [2.24, 2.45) is 0 Å². The highest BCUT2D eigenvalue weighted by Gasteiger charge is 2.27. The van der Waals surface area contributed by atoms with E-state index in [0.29, 0.717) is 11.4 Å². The van der Waals surface area contributed by atoms with Gasteiger partial charge in [0.1, 0.15) is 17.5 Å². The number of aromatic amines is 1. The predicted octanol–water partition coefficient (Wildman–Crippen LogP) is 2.81. The van der Waals surface area contributed by atoms with Crippen LogP contribution in [0.1, 0.15) is 58.8 Å². The van der Waals surface area contributed by atoms with Crippen LogP contribution in [-0.4, -0.2) is 43.1 Å². The molecule has 0 saturated heterocycles. The summed E-state index contributed by atoms with van der Waals surface area (Å²) in [6, 6.07) is 11.4. The quantitative estimate of drug-likeness (QED) is 0.683. The minimum atomic E-state index is -0.338. The molecule has 28 heavy (non-hydrogen) atoms. The molecule has 150 valence electrons. The van der Waals surface area contributed by atoms with E-state index >= 15 is 0 Å². The first-order valence-corrected chi connectivity index (χ1v) is 9.52. The van der Waals surface area contributed by atoms with Gasteiger partial charge in [0, 0.05) is 26.3 Å². The van der Waals surface area contributed by atoms with E-state index in [1.165, 1.54) is 7.05 Å². The first kappa shape index (κ1) is 19.9. The number of benzene rings is 1. The maximum atomic E-state index is 12.7. The van der Waals surface area contributed by atoms with Crippen LogP contribution < -0.4 is 15.4 Å². The molecule has 1 fully saturated rings. The standard InChI is InChI=1S/C21H27N3O4/c1-13(14-7-5-4-6-8-14)28-18-12-17(24-19(18)21(26)22-2)20(25)23-15-9-10-16(11-15)27-3/h4-8,12-13,15-16,24H,9-11H2,1-3H3,(H,22,26)(H,23,25)/t13-,15?,16+/m0/s1. The lowest BCUT2D eigenvalue weighted by Gasteiger charge is -2.15. The van der Waals surface area contributed by atoms with Crippen molar-refractivity contribution in [3.05, 3.63) is 53.3 Å². The fourth-order valence-electron chi connectivity index (χ4n) is 3.48. The minimum Gasteiger partial charge on any atom is -0.484 e. The van der Waals surface area contributed by atoms with Gasteiger partial charge in [-0.05, 0) is 31.7 Å². The number of amides is 2. The summed E-state index contributed by atoms with van der Waals surface area (Å²) < 4.78 is 11.3. The molecule has 0 spiro atoms. The fourth-order valence-corrected chi connectivity index (χ4v) is 3.48. The zero-order valence-corrected chi connectivity index (χ0v) is 16.5. The highest BCUT2D eigenvalue weighted by Crippen LogP contribution is 2.27. The Labute approximate surface area is 164 Å². The number of rotatable bonds is 7. The Balaban J connectivity index is 1.76. The van der Waals surface area contributed by atoms with Crippen LogP contribution in [0.2, 0.25) is 0 Å². The Kier molecular flexibility index (Phi) is 6.36. The van der Waals surface area contributed by atoms with Crippen molar-refractivity contribution in [3.63, 3.8) is 0 Å². The second kappa shape index (κ2) is 8.93. The number of hydrogen-bond donors (Lipinski definition) is 3. The molecule has 0 aliphatic heterocycles. The fraction of sp³-hybridized carbons (Fsp3) is 0.429. The van der Waals surface area contributed by atoms with Gasteiger partial charge in [0.2, 0.25) is 0 Å². The zero-order chi connectivity index (χ0) is 20.1. The maximum Gasteiger partial charge on any atom is 0.271 e. The molecule has 1 aliphatic rings. The van der Waals surface area contributed by atoms with Crippen molar-refractivity contribution < 1.29 is 19.1 Å². The summed E-state index contributed by atoms with van der Waals surface area (Å²) in [6.07, 6.45) is 2.51. The van der Waals surface area contributed by atoms with Crippen LogP contribution >= 0.6 is 0 Å². The molecular weight excluding hydrogens is 358 g/mol.